The molecule has 0 spiro atoms. The van der Waals surface area contributed by atoms with E-state index < -0.39 is 12.7 Å². The average Bonchev–Trinajstić information content (AvgIpc) is 2.53. The van der Waals surface area contributed by atoms with Crippen molar-refractivity contribution in [2.45, 2.75) is 12.6 Å². The maximum Gasteiger partial charge on any atom is 0.401 e. The summed E-state index contributed by atoms with van der Waals surface area (Å²) in [5, 5.41) is 6.71. The van der Waals surface area contributed by atoms with E-state index in [0.29, 0.717) is 36.2 Å². The lowest BCUT2D eigenvalue weighted by Gasteiger charge is -2.19. The number of methoxy groups -OCH3 is 1. The molecule has 0 bridgehead atoms. The zero-order chi connectivity index (χ0) is 18.9. The van der Waals surface area contributed by atoms with Crippen LogP contribution in [-0.4, -0.2) is 64.4 Å². The monoisotopic (exact) mass is 380 g/mol. The van der Waals surface area contributed by atoms with Gasteiger partial charge in [-0.25, -0.2) is 0 Å². The summed E-state index contributed by atoms with van der Waals surface area (Å²) in [4.78, 5) is 5.25. The van der Waals surface area contributed by atoms with Gasteiger partial charge in [-0.2, -0.15) is 13.2 Å². The average molecular weight is 381 g/mol. The Morgan fingerprint density at radius 3 is 2.52 bits per heavy atom. The van der Waals surface area contributed by atoms with Crippen molar-refractivity contribution in [3.63, 3.8) is 0 Å². The van der Waals surface area contributed by atoms with Crippen LogP contribution in [0.4, 0.5) is 13.2 Å². The second kappa shape index (κ2) is 10.4. The first-order valence-corrected chi connectivity index (χ1v) is 8.15. The number of rotatable bonds is 8. The van der Waals surface area contributed by atoms with Gasteiger partial charge in [0.05, 0.1) is 13.7 Å². The van der Waals surface area contributed by atoms with Crippen LogP contribution in [0.15, 0.2) is 23.2 Å². The van der Waals surface area contributed by atoms with Gasteiger partial charge in [0.2, 0.25) is 0 Å². The van der Waals surface area contributed by atoms with Gasteiger partial charge in [0, 0.05) is 31.7 Å². The van der Waals surface area contributed by atoms with E-state index in [1.54, 1.807) is 20.2 Å². The topological polar surface area (TPSA) is 48.9 Å². The lowest BCUT2D eigenvalue weighted by Crippen LogP contribution is -2.43. The van der Waals surface area contributed by atoms with Crippen molar-refractivity contribution in [3.8, 4) is 5.75 Å². The summed E-state index contributed by atoms with van der Waals surface area (Å²) < 4.78 is 41.8. The molecule has 0 unspecified atom stereocenters. The fourth-order valence-corrected chi connectivity index (χ4v) is 2.41. The largest absolute Gasteiger partial charge is 0.497 e. The molecule has 0 aliphatic carbocycles. The SMILES string of the molecule is CN=C(NCCc1ccc(OC)cc1Cl)NCCN(C)CC(F)(F)F. The van der Waals surface area contributed by atoms with Crippen LogP contribution in [0.3, 0.4) is 0 Å². The third kappa shape index (κ3) is 8.83. The van der Waals surface area contributed by atoms with Crippen molar-refractivity contribution < 1.29 is 17.9 Å². The minimum Gasteiger partial charge on any atom is -0.497 e. The predicted molar refractivity (Wildman–Crippen MR) is 94.6 cm³/mol. The molecule has 0 radical (unpaired) electrons. The number of benzene rings is 1. The van der Waals surface area contributed by atoms with Gasteiger partial charge >= 0.3 is 6.18 Å². The van der Waals surface area contributed by atoms with Crippen LogP contribution in [0.25, 0.3) is 0 Å². The van der Waals surface area contributed by atoms with Gasteiger partial charge in [0.25, 0.3) is 0 Å². The summed E-state index contributed by atoms with van der Waals surface area (Å²) in [7, 11) is 4.61. The van der Waals surface area contributed by atoms with Crippen LogP contribution in [0.2, 0.25) is 5.02 Å². The van der Waals surface area contributed by atoms with Gasteiger partial charge in [-0.15, -0.1) is 0 Å². The fourth-order valence-electron chi connectivity index (χ4n) is 2.14. The molecule has 1 aromatic rings. The van der Waals surface area contributed by atoms with E-state index in [1.807, 2.05) is 12.1 Å². The zero-order valence-electron chi connectivity index (χ0n) is 14.6. The molecule has 1 rings (SSSR count). The summed E-state index contributed by atoms with van der Waals surface area (Å²) in [6.07, 6.45) is -3.51. The maximum atomic E-state index is 12.2. The summed E-state index contributed by atoms with van der Waals surface area (Å²) in [5.41, 5.74) is 0.968. The molecule has 0 heterocycles. The number of nitrogens with zero attached hydrogens (tertiary/aromatic N) is 2. The highest BCUT2D eigenvalue weighted by Crippen LogP contribution is 2.22. The number of hydrogen-bond acceptors (Lipinski definition) is 3. The number of nitrogens with one attached hydrogen (secondary N) is 2. The summed E-state index contributed by atoms with van der Waals surface area (Å²) in [5.74, 6) is 1.23. The third-order valence-corrected chi connectivity index (χ3v) is 3.76. The summed E-state index contributed by atoms with van der Waals surface area (Å²) in [6.45, 7) is 0.265. The Morgan fingerprint density at radius 1 is 1.28 bits per heavy atom. The van der Waals surface area contributed by atoms with Crippen molar-refractivity contribution in [1.82, 2.24) is 15.5 Å². The first-order chi connectivity index (χ1) is 11.7. The minimum atomic E-state index is -4.19. The quantitative estimate of drug-likeness (QED) is 0.537. The van der Waals surface area contributed by atoms with Crippen LogP contribution in [-0.2, 0) is 6.42 Å². The van der Waals surface area contributed by atoms with Crippen LogP contribution < -0.4 is 15.4 Å². The highest BCUT2D eigenvalue weighted by molar-refractivity contribution is 6.31. The molecule has 9 heteroatoms. The molecule has 142 valence electrons. The van der Waals surface area contributed by atoms with E-state index in [-0.39, 0.29) is 6.54 Å². The van der Waals surface area contributed by atoms with E-state index in [2.05, 4.69) is 15.6 Å². The van der Waals surface area contributed by atoms with Gasteiger partial charge in [-0.3, -0.25) is 9.89 Å². The van der Waals surface area contributed by atoms with Gasteiger partial charge in [-0.05, 0) is 31.2 Å². The van der Waals surface area contributed by atoms with Gasteiger partial charge in [-0.1, -0.05) is 17.7 Å². The number of ether oxygens (including phenoxy) is 1. The Labute approximate surface area is 151 Å². The normalized spacial score (nSPS) is 12.4. The Balaban J connectivity index is 2.33. The molecule has 0 amide bonds. The lowest BCUT2D eigenvalue weighted by molar-refractivity contribution is -0.142. The number of guanidine groups is 1. The fraction of sp³-hybridized carbons (Fsp3) is 0.562. The molecular formula is C16H24ClF3N4O. The molecule has 0 fully saturated rings. The van der Waals surface area contributed by atoms with Crippen molar-refractivity contribution in [2.75, 3.05) is 47.4 Å². The number of halogens is 4. The van der Waals surface area contributed by atoms with E-state index in [4.69, 9.17) is 16.3 Å². The van der Waals surface area contributed by atoms with E-state index in [9.17, 15) is 13.2 Å². The van der Waals surface area contributed by atoms with Gasteiger partial charge < -0.3 is 15.4 Å². The third-order valence-electron chi connectivity index (χ3n) is 3.41. The molecular weight excluding hydrogens is 357 g/mol. The van der Waals surface area contributed by atoms with Crippen LogP contribution in [0, 0.1) is 0 Å². The number of hydrogen-bond donors (Lipinski definition) is 2. The molecule has 0 aromatic heterocycles. The molecule has 0 atom stereocenters. The van der Waals surface area contributed by atoms with Crippen LogP contribution in [0.5, 0.6) is 5.75 Å². The Morgan fingerprint density at radius 2 is 1.96 bits per heavy atom. The van der Waals surface area contributed by atoms with Crippen molar-refractivity contribution in [3.05, 3.63) is 28.8 Å². The molecule has 0 saturated carbocycles. The molecule has 2 N–H and O–H groups in total. The Bertz CT molecular complexity index is 567. The second-order valence-electron chi connectivity index (χ2n) is 5.49. The highest BCUT2D eigenvalue weighted by atomic mass is 35.5. The smallest absolute Gasteiger partial charge is 0.401 e. The van der Waals surface area contributed by atoms with Crippen molar-refractivity contribution in [1.29, 1.82) is 0 Å². The number of likely N-dealkylation sites (N-methyl/N-ethyl adjacent to an activating group) is 1. The number of alkyl halides is 3. The molecule has 5 nitrogen and oxygen atoms in total. The standard InChI is InChI=1S/C16H24ClF3N4O/c1-21-15(23-8-9-24(2)11-16(18,19)20)22-7-6-12-4-5-13(25-3)10-14(12)17/h4-5,10H,6-9,11H2,1-3H3,(H2,21,22,23). The number of aliphatic imine (C=N–C) groups is 1. The molecule has 0 saturated heterocycles. The predicted octanol–water partition coefficient (Wildman–Crippen LogP) is 2.55. The minimum absolute atomic E-state index is 0.254. The summed E-state index contributed by atoms with van der Waals surface area (Å²) in [6, 6.07) is 5.48. The molecule has 25 heavy (non-hydrogen) atoms. The first kappa shape index (κ1) is 21.4. The van der Waals surface area contributed by atoms with E-state index in [0.717, 1.165) is 5.56 Å². The maximum absolute atomic E-state index is 12.2. The van der Waals surface area contributed by atoms with Gasteiger partial charge in [0.15, 0.2) is 5.96 Å². The van der Waals surface area contributed by atoms with Crippen molar-refractivity contribution >= 4 is 17.6 Å². The summed E-state index contributed by atoms with van der Waals surface area (Å²) >= 11 is 6.18. The second-order valence-corrected chi connectivity index (χ2v) is 5.89. The Kier molecular flexibility index (Phi) is 8.85. The van der Waals surface area contributed by atoms with Gasteiger partial charge in [0.1, 0.15) is 5.75 Å². The molecule has 0 aliphatic rings. The molecule has 1 aromatic carbocycles. The first-order valence-electron chi connectivity index (χ1n) is 7.77. The van der Waals surface area contributed by atoms with Crippen LogP contribution in [0.1, 0.15) is 5.56 Å². The van der Waals surface area contributed by atoms with E-state index in [1.165, 1.54) is 11.9 Å². The lowest BCUT2D eigenvalue weighted by atomic mass is 10.1. The highest BCUT2D eigenvalue weighted by Gasteiger charge is 2.28. The molecule has 0 aliphatic heterocycles. The van der Waals surface area contributed by atoms with Crippen LogP contribution >= 0.6 is 11.6 Å². The zero-order valence-corrected chi connectivity index (χ0v) is 15.3. The van der Waals surface area contributed by atoms with E-state index >= 15 is 0 Å². The Hall–Kier alpha value is -1.67. The van der Waals surface area contributed by atoms with Crippen molar-refractivity contribution in [2.24, 2.45) is 4.99 Å².